The summed E-state index contributed by atoms with van der Waals surface area (Å²) in [7, 11) is 0. The highest BCUT2D eigenvalue weighted by atomic mass is 19.4. The van der Waals surface area contributed by atoms with Crippen LogP contribution in [0, 0.1) is 0 Å². The smallest absolute Gasteiger partial charge is 0.392 e. The zero-order valence-corrected chi connectivity index (χ0v) is 12.7. The number of ether oxygens (including phenoxy) is 1. The number of nitrogens with zero attached hydrogens (tertiary/aromatic N) is 1. The van der Waals surface area contributed by atoms with Crippen molar-refractivity contribution in [2.24, 2.45) is 0 Å². The molecule has 1 aromatic carbocycles. The Labute approximate surface area is 133 Å². The molecule has 23 heavy (non-hydrogen) atoms. The van der Waals surface area contributed by atoms with E-state index in [1.54, 1.807) is 6.07 Å². The van der Waals surface area contributed by atoms with Crippen LogP contribution in [0.15, 0.2) is 35.9 Å². The van der Waals surface area contributed by atoms with Crippen LogP contribution in [0.1, 0.15) is 30.0 Å². The number of benzene rings is 1. The summed E-state index contributed by atoms with van der Waals surface area (Å²) in [6, 6.07) is 5.23. The van der Waals surface area contributed by atoms with Crippen LogP contribution in [0.2, 0.25) is 0 Å². The van der Waals surface area contributed by atoms with E-state index < -0.39 is 23.9 Å². The zero-order chi connectivity index (χ0) is 16.4. The fourth-order valence-electron chi connectivity index (χ4n) is 3.40. The molecule has 0 amide bonds. The van der Waals surface area contributed by atoms with E-state index in [0.717, 1.165) is 18.1 Å². The second-order valence-electron chi connectivity index (χ2n) is 6.12. The summed E-state index contributed by atoms with van der Waals surface area (Å²) in [4.78, 5) is 1.93. The van der Waals surface area contributed by atoms with Gasteiger partial charge in [-0.15, -0.1) is 0 Å². The largest absolute Gasteiger partial charge is 0.416 e. The van der Waals surface area contributed by atoms with Crippen molar-refractivity contribution in [3.63, 3.8) is 0 Å². The van der Waals surface area contributed by atoms with Crippen LogP contribution in [-0.2, 0) is 10.9 Å². The minimum absolute atomic E-state index is 0.244. The topological polar surface area (TPSA) is 32.7 Å². The Morgan fingerprint density at radius 1 is 1.26 bits per heavy atom. The number of β-amino-alcohol motifs (C(OH)–C–C–N with tert-alkyl or cyclic N) is 1. The Balaban J connectivity index is 1.86. The number of alkyl halides is 3. The molecule has 3 nitrogen and oxygen atoms in total. The maximum Gasteiger partial charge on any atom is 0.416 e. The van der Waals surface area contributed by atoms with E-state index in [1.807, 2.05) is 4.90 Å². The van der Waals surface area contributed by atoms with Gasteiger partial charge in [0.25, 0.3) is 0 Å². The lowest BCUT2D eigenvalue weighted by Gasteiger charge is -2.28. The van der Waals surface area contributed by atoms with Crippen LogP contribution >= 0.6 is 0 Å². The highest BCUT2D eigenvalue weighted by Crippen LogP contribution is 2.40. The minimum atomic E-state index is -4.39. The Hall–Kier alpha value is -1.37. The fourth-order valence-corrected chi connectivity index (χ4v) is 3.40. The molecule has 0 aromatic heterocycles. The summed E-state index contributed by atoms with van der Waals surface area (Å²) in [5.74, 6) is 0. The highest BCUT2D eigenvalue weighted by molar-refractivity contribution is 5.33. The lowest BCUT2D eigenvalue weighted by atomic mass is 9.97. The van der Waals surface area contributed by atoms with Gasteiger partial charge in [-0.1, -0.05) is 24.3 Å². The molecule has 0 aliphatic carbocycles. The Morgan fingerprint density at radius 3 is 2.74 bits per heavy atom. The molecule has 0 spiro atoms. The summed E-state index contributed by atoms with van der Waals surface area (Å²) in [5, 5.41) is 9.98. The van der Waals surface area contributed by atoms with Crippen molar-refractivity contribution >= 4 is 0 Å². The quantitative estimate of drug-likeness (QED) is 0.866. The molecule has 1 fully saturated rings. The third kappa shape index (κ3) is 3.76. The number of rotatable bonds is 3. The standard InChI is InChI=1S/C17H20F3NO2/c18-17(19,20)15-6-2-1-5-14(15)16-8-13(22)10-21(16)9-12-4-3-7-23-11-12/h1-2,4-6,13,16,22H,3,7-11H2/t13-,16-/m1/s1. The molecule has 2 atom stereocenters. The van der Waals surface area contributed by atoms with Gasteiger partial charge in [0.1, 0.15) is 0 Å². The number of aliphatic hydroxyl groups excluding tert-OH is 1. The van der Waals surface area contributed by atoms with Gasteiger partial charge in [-0.2, -0.15) is 13.2 Å². The Kier molecular flexibility index (Phi) is 4.75. The lowest BCUT2D eigenvalue weighted by Crippen LogP contribution is -2.30. The van der Waals surface area contributed by atoms with Crippen LogP contribution in [0.25, 0.3) is 0 Å². The molecule has 1 aromatic rings. The number of hydrogen-bond donors (Lipinski definition) is 1. The first-order valence-corrected chi connectivity index (χ1v) is 7.79. The summed E-state index contributed by atoms with van der Waals surface area (Å²) in [6.45, 7) is 2.12. The van der Waals surface area contributed by atoms with E-state index in [1.165, 1.54) is 12.1 Å². The molecule has 2 heterocycles. The van der Waals surface area contributed by atoms with Crippen LogP contribution in [0.5, 0.6) is 0 Å². The van der Waals surface area contributed by atoms with Gasteiger partial charge in [0.2, 0.25) is 0 Å². The molecule has 0 radical (unpaired) electrons. The van der Waals surface area contributed by atoms with Gasteiger partial charge in [-0.3, -0.25) is 4.90 Å². The summed E-state index contributed by atoms with van der Waals surface area (Å²) in [6.07, 6.45) is -1.76. The van der Waals surface area contributed by atoms with Crippen molar-refractivity contribution in [2.45, 2.75) is 31.2 Å². The molecule has 126 valence electrons. The maximum atomic E-state index is 13.3. The Morgan fingerprint density at radius 2 is 2.04 bits per heavy atom. The summed E-state index contributed by atoms with van der Waals surface area (Å²) < 4.78 is 45.2. The second kappa shape index (κ2) is 6.63. The molecule has 2 aliphatic heterocycles. The molecule has 1 N–H and O–H groups in total. The molecule has 1 saturated heterocycles. The summed E-state index contributed by atoms with van der Waals surface area (Å²) >= 11 is 0. The Bertz CT molecular complexity index is 585. The van der Waals surface area contributed by atoms with E-state index in [4.69, 9.17) is 4.74 Å². The van der Waals surface area contributed by atoms with Gasteiger partial charge in [-0.05, 0) is 30.0 Å². The van der Waals surface area contributed by atoms with Crippen molar-refractivity contribution in [3.05, 3.63) is 47.0 Å². The van der Waals surface area contributed by atoms with Gasteiger partial charge in [0.05, 0.1) is 24.9 Å². The normalized spacial score (nSPS) is 26.3. The average molecular weight is 327 g/mol. The lowest BCUT2D eigenvalue weighted by molar-refractivity contribution is -0.138. The van der Waals surface area contributed by atoms with E-state index in [9.17, 15) is 18.3 Å². The number of hydrogen-bond acceptors (Lipinski definition) is 3. The number of likely N-dealkylation sites (tertiary alicyclic amines) is 1. The van der Waals surface area contributed by atoms with E-state index in [2.05, 4.69) is 6.08 Å². The van der Waals surface area contributed by atoms with E-state index in [-0.39, 0.29) is 5.56 Å². The first-order chi connectivity index (χ1) is 10.9. The summed E-state index contributed by atoms with van der Waals surface area (Å²) in [5.41, 5.74) is 0.701. The monoisotopic (exact) mass is 327 g/mol. The third-order valence-corrected chi connectivity index (χ3v) is 4.40. The molecule has 3 rings (SSSR count). The third-order valence-electron chi connectivity index (χ3n) is 4.40. The first-order valence-electron chi connectivity index (χ1n) is 7.79. The molecule has 0 saturated carbocycles. The van der Waals surface area contributed by atoms with Gasteiger partial charge in [0, 0.05) is 19.1 Å². The molecule has 6 heteroatoms. The van der Waals surface area contributed by atoms with Crippen molar-refractivity contribution < 1.29 is 23.0 Å². The van der Waals surface area contributed by atoms with Crippen molar-refractivity contribution in [2.75, 3.05) is 26.3 Å². The highest BCUT2D eigenvalue weighted by Gasteiger charge is 2.39. The zero-order valence-electron chi connectivity index (χ0n) is 12.7. The van der Waals surface area contributed by atoms with Crippen LogP contribution in [0.4, 0.5) is 13.2 Å². The maximum absolute atomic E-state index is 13.3. The molecule has 0 unspecified atom stereocenters. The van der Waals surface area contributed by atoms with Crippen molar-refractivity contribution in [1.82, 2.24) is 4.90 Å². The first kappa shape index (κ1) is 16.5. The molecule has 0 bridgehead atoms. The van der Waals surface area contributed by atoms with Gasteiger partial charge in [0.15, 0.2) is 0 Å². The van der Waals surface area contributed by atoms with Crippen LogP contribution in [-0.4, -0.2) is 42.4 Å². The van der Waals surface area contributed by atoms with E-state index in [0.29, 0.717) is 32.7 Å². The van der Waals surface area contributed by atoms with Gasteiger partial charge >= 0.3 is 6.18 Å². The SMILES string of the molecule is O[C@@H]1C[C@H](c2ccccc2C(F)(F)F)N(CC2=CCCOC2)C1. The average Bonchev–Trinajstić information content (AvgIpc) is 2.88. The van der Waals surface area contributed by atoms with E-state index >= 15 is 0 Å². The minimum Gasteiger partial charge on any atom is -0.392 e. The van der Waals surface area contributed by atoms with Gasteiger partial charge in [-0.25, -0.2) is 0 Å². The van der Waals surface area contributed by atoms with Gasteiger partial charge < -0.3 is 9.84 Å². The van der Waals surface area contributed by atoms with Crippen LogP contribution in [0.3, 0.4) is 0 Å². The van der Waals surface area contributed by atoms with Crippen molar-refractivity contribution in [3.8, 4) is 0 Å². The molecular formula is C17H20F3NO2. The number of aliphatic hydroxyl groups is 1. The van der Waals surface area contributed by atoms with Crippen LogP contribution < -0.4 is 0 Å². The molecular weight excluding hydrogens is 307 g/mol. The predicted octanol–water partition coefficient (Wildman–Crippen LogP) is 3.16. The second-order valence-corrected chi connectivity index (χ2v) is 6.12. The molecule has 2 aliphatic rings. The predicted molar refractivity (Wildman–Crippen MR) is 79.9 cm³/mol. The van der Waals surface area contributed by atoms with Crippen molar-refractivity contribution in [1.29, 1.82) is 0 Å². The fraction of sp³-hybridized carbons (Fsp3) is 0.529. The number of halogens is 3.